The molecule has 6 rings (SSSR count). The van der Waals surface area contributed by atoms with Gasteiger partial charge in [0.25, 0.3) is 0 Å². The van der Waals surface area contributed by atoms with Gasteiger partial charge in [0.15, 0.2) is 5.54 Å². The van der Waals surface area contributed by atoms with Crippen LogP contribution in [-0.4, -0.2) is 59.3 Å². The predicted molar refractivity (Wildman–Crippen MR) is 154 cm³/mol. The van der Waals surface area contributed by atoms with Gasteiger partial charge < -0.3 is 20.5 Å². The molecule has 0 spiro atoms. The van der Waals surface area contributed by atoms with Crippen molar-refractivity contribution in [2.45, 2.75) is 49.7 Å². The predicted octanol–water partition coefficient (Wildman–Crippen LogP) is 4.54. The van der Waals surface area contributed by atoms with Gasteiger partial charge in [0, 0.05) is 38.0 Å². The van der Waals surface area contributed by atoms with E-state index in [4.69, 9.17) is 4.74 Å². The second-order valence-electron chi connectivity index (χ2n) is 11.6. The number of aliphatic carboxylic acids is 1. The summed E-state index contributed by atoms with van der Waals surface area (Å²) in [6.07, 6.45) is 1.50. The number of hydrogen-bond acceptors (Lipinski definition) is 5. The van der Waals surface area contributed by atoms with Gasteiger partial charge in [-0.1, -0.05) is 78.9 Å². The number of nitrogens with zero attached hydrogens (tertiary/aromatic N) is 1. The Kier molecular flexibility index (Phi) is 7.49. The maximum absolute atomic E-state index is 12.9. The van der Waals surface area contributed by atoms with Crippen LogP contribution in [0, 0.1) is 5.92 Å². The molecule has 0 bridgehead atoms. The largest absolute Gasteiger partial charge is 0.479 e. The zero-order valence-corrected chi connectivity index (χ0v) is 22.9. The lowest BCUT2D eigenvalue weighted by Gasteiger charge is -2.36. The first-order valence-corrected chi connectivity index (χ1v) is 14.3. The van der Waals surface area contributed by atoms with Gasteiger partial charge in [-0.2, -0.15) is 0 Å². The molecule has 212 valence electrons. The molecule has 1 heterocycles. The summed E-state index contributed by atoms with van der Waals surface area (Å²) in [5.41, 5.74) is 4.55. The minimum absolute atomic E-state index is 0.00625. The molecule has 3 aromatic rings. The minimum atomic E-state index is -1.27. The monoisotopic (exact) mass is 553 g/mol. The normalized spacial score (nSPS) is 23.2. The molecule has 8 heteroatoms. The molecular weight excluding hydrogens is 518 g/mol. The molecule has 41 heavy (non-hydrogen) atoms. The highest BCUT2D eigenvalue weighted by Gasteiger charge is 2.46. The van der Waals surface area contributed by atoms with Crippen molar-refractivity contribution in [3.8, 4) is 11.1 Å². The number of rotatable bonds is 9. The summed E-state index contributed by atoms with van der Waals surface area (Å²) in [4.78, 5) is 39.7. The van der Waals surface area contributed by atoms with Crippen molar-refractivity contribution in [2.75, 3.05) is 19.7 Å². The van der Waals surface area contributed by atoms with Crippen LogP contribution in [0.15, 0.2) is 78.9 Å². The second kappa shape index (κ2) is 11.4. The molecular formula is C33H35N3O5. The Morgan fingerprint density at radius 1 is 0.902 bits per heavy atom. The van der Waals surface area contributed by atoms with E-state index >= 15 is 0 Å². The number of ether oxygens (including phenoxy) is 1. The van der Waals surface area contributed by atoms with E-state index in [1.807, 2.05) is 54.6 Å². The summed E-state index contributed by atoms with van der Waals surface area (Å²) in [7, 11) is 0. The average molecular weight is 554 g/mol. The minimum Gasteiger partial charge on any atom is -0.479 e. The molecule has 2 fully saturated rings. The first-order valence-electron chi connectivity index (χ1n) is 14.3. The van der Waals surface area contributed by atoms with Crippen LogP contribution in [0.1, 0.15) is 48.3 Å². The Labute approximate surface area is 239 Å². The number of fused-ring (bicyclic) bond motifs is 3. The third-order valence-electron chi connectivity index (χ3n) is 8.76. The van der Waals surface area contributed by atoms with Crippen LogP contribution >= 0.6 is 0 Å². The Balaban J connectivity index is 0.948. The number of carbonyl (C=O) groups excluding carboxylic acids is 2. The summed E-state index contributed by atoms with van der Waals surface area (Å²) >= 11 is 0. The number of carboxylic acids is 1. The van der Waals surface area contributed by atoms with E-state index in [-0.39, 0.29) is 43.4 Å². The highest BCUT2D eigenvalue weighted by Crippen LogP contribution is 2.44. The molecule has 1 aliphatic heterocycles. The van der Waals surface area contributed by atoms with Crippen LogP contribution in [-0.2, 0) is 20.9 Å². The van der Waals surface area contributed by atoms with Gasteiger partial charge in [0.2, 0.25) is 5.91 Å². The molecule has 8 nitrogen and oxygen atoms in total. The summed E-state index contributed by atoms with van der Waals surface area (Å²) in [5.74, 6) is -1.14. The van der Waals surface area contributed by atoms with Crippen molar-refractivity contribution < 1.29 is 24.2 Å². The zero-order valence-electron chi connectivity index (χ0n) is 22.9. The van der Waals surface area contributed by atoms with Gasteiger partial charge >= 0.3 is 12.1 Å². The highest BCUT2D eigenvalue weighted by atomic mass is 16.5. The van der Waals surface area contributed by atoms with Crippen molar-refractivity contribution >= 4 is 18.0 Å². The third kappa shape index (κ3) is 5.70. The maximum Gasteiger partial charge on any atom is 0.407 e. The fraction of sp³-hybridized carbons (Fsp3) is 0.364. The number of amides is 2. The highest BCUT2D eigenvalue weighted by molar-refractivity contribution is 5.88. The van der Waals surface area contributed by atoms with Crippen molar-refractivity contribution in [1.29, 1.82) is 0 Å². The van der Waals surface area contributed by atoms with Crippen LogP contribution in [0.4, 0.5) is 4.79 Å². The van der Waals surface area contributed by atoms with Crippen LogP contribution in [0.25, 0.3) is 11.1 Å². The van der Waals surface area contributed by atoms with Crippen molar-refractivity contribution in [1.82, 2.24) is 15.5 Å². The molecule has 3 N–H and O–H groups in total. The molecule has 0 aromatic heterocycles. The van der Waals surface area contributed by atoms with Gasteiger partial charge in [-0.15, -0.1) is 0 Å². The van der Waals surface area contributed by atoms with E-state index in [0.29, 0.717) is 32.4 Å². The van der Waals surface area contributed by atoms with Crippen LogP contribution in [0.3, 0.4) is 0 Å². The molecule has 0 radical (unpaired) electrons. The lowest BCUT2D eigenvalue weighted by Crippen LogP contribution is -2.57. The van der Waals surface area contributed by atoms with Crippen LogP contribution in [0.2, 0.25) is 0 Å². The molecule has 1 atom stereocenters. The fourth-order valence-corrected chi connectivity index (χ4v) is 6.60. The first-order chi connectivity index (χ1) is 19.9. The van der Waals surface area contributed by atoms with E-state index < -0.39 is 17.6 Å². The topological polar surface area (TPSA) is 108 Å². The quantitative estimate of drug-likeness (QED) is 0.359. The lowest BCUT2D eigenvalue weighted by atomic mass is 9.78. The first kappa shape index (κ1) is 27.0. The molecule has 1 saturated carbocycles. The third-order valence-corrected chi connectivity index (χ3v) is 8.76. The molecule has 3 aliphatic rings. The van der Waals surface area contributed by atoms with Crippen molar-refractivity contribution in [3.63, 3.8) is 0 Å². The van der Waals surface area contributed by atoms with Gasteiger partial charge in [-0.25, -0.2) is 9.59 Å². The van der Waals surface area contributed by atoms with Crippen LogP contribution < -0.4 is 10.6 Å². The number of nitrogens with one attached hydrogen (secondary N) is 2. The smallest absolute Gasteiger partial charge is 0.407 e. The SMILES string of the molecule is O=C(CC1CC(NC(=O)OCC2c3ccccc3-c3ccccc32)C1)NC1(C(=O)O)CCN(Cc2ccccc2)C1. The molecule has 2 aliphatic carbocycles. The van der Waals surface area contributed by atoms with Crippen LogP contribution in [0.5, 0.6) is 0 Å². The standard InChI is InChI=1S/C33H35N3O5/c37-30(35-33(31(38)39)14-15-36(21-33)19-22-8-2-1-3-9-22)18-23-16-24(17-23)34-32(40)41-20-29-27-12-6-4-10-25(27)26-11-5-7-13-28(26)29/h1-13,23-24,29H,14-21H2,(H,34,40)(H,35,37)(H,38,39). The average Bonchev–Trinajstić information content (AvgIpc) is 3.50. The Bertz CT molecular complexity index is 1390. The molecule has 2 amide bonds. The second-order valence-corrected chi connectivity index (χ2v) is 11.6. The summed E-state index contributed by atoms with van der Waals surface area (Å²) in [6, 6.07) is 26.3. The van der Waals surface area contributed by atoms with E-state index in [0.717, 1.165) is 5.56 Å². The number of benzene rings is 3. The van der Waals surface area contributed by atoms with E-state index in [1.165, 1.54) is 22.3 Å². The molecule has 1 saturated heterocycles. The van der Waals surface area contributed by atoms with Gasteiger partial charge in [0.1, 0.15) is 6.61 Å². The Hall–Kier alpha value is -4.17. The number of hydrogen-bond donors (Lipinski definition) is 3. The van der Waals surface area contributed by atoms with Gasteiger partial charge in [0.05, 0.1) is 0 Å². The number of carboxylic acid groups (broad SMARTS) is 1. The molecule has 3 aromatic carbocycles. The van der Waals surface area contributed by atoms with E-state index in [9.17, 15) is 19.5 Å². The number of carbonyl (C=O) groups is 3. The zero-order chi connectivity index (χ0) is 28.4. The van der Waals surface area contributed by atoms with E-state index in [1.54, 1.807) is 0 Å². The summed E-state index contributed by atoms with van der Waals surface area (Å²) in [5, 5.41) is 15.7. The van der Waals surface area contributed by atoms with E-state index in [2.05, 4.69) is 39.8 Å². The Morgan fingerprint density at radius 3 is 2.20 bits per heavy atom. The lowest BCUT2D eigenvalue weighted by molar-refractivity contribution is -0.147. The van der Waals surface area contributed by atoms with Gasteiger partial charge in [-0.3, -0.25) is 9.69 Å². The summed E-state index contributed by atoms with van der Waals surface area (Å²) < 4.78 is 5.64. The van der Waals surface area contributed by atoms with Gasteiger partial charge in [-0.05, 0) is 53.0 Å². The Morgan fingerprint density at radius 2 is 1.54 bits per heavy atom. The number of likely N-dealkylation sites (tertiary alicyclic amines) is 1. The maximum atomic E-state index is 12.9. The van der Waals surface area contributed by atoms with Crippen molar-refractivity contribution in [3.05, 3.63) is 95.6 Å². The van der Waals surface area contributed by atoms with Crippen molar-refractivity contribution in [2.24, 2.45) is 5.92 Å². The summed E-state index contributed by atoms with van der Waals surface area (Å²) in [6.45, 7) is 1.80. The molecule has 1 unspecified atom stereocenters. The number of alkyl carbamates (subject to hydrolysis) is 1. The fourth-order valence-electron chi connectivity index (χ4n) is 6.60.